The van der Waals surface area contributed by atoms with Crippen LogP contribution >= 0.6 is 23.2 Å². The second kappa shape index (κ2) is 6.59. The molecule has 0 saturated carbocycles. The number of sulfonamides is 1. The lowest BCUT2D eigenvalue weighted by Crippen LogP contribution is -2.30. The Labute approximate surface area is 112 Å². The first-order valence-electron chi connectivity index (χ1n) is 5.30. The van der Waals surface area contributed by atoms with Crippen molar-refractivity contribution in [3.8, 4) is 0 Å². The third kappa shape index (κ3) is 4.84. The van der Waals surface area contributed by atoms with Crippen LogP contribution < -0.4 is 4.72 Å². The summed E-state index contributed by atoms with van der Waals surface area (Å²) in [5, 5.41) is 0.595. The van der Waals surface area contributed by atoms with Gasteiger partial charge in [0, 0.05) is 16.9 Å². The zero-order chi connectivity index (χ0) is 12.9. The smallest absolute Gasteiger partial charge is 0.212 e. The molecule has 0 aliphatic rings. The van der Waals surface area contributed by atoms with Gasteiger partial charge in [0.15, 0.2) is 0 Å². The summed E-state index contributed by atoms with van der Waals surface area (Å²) in [6.07, 6.45) is 0.655. The van der Waals surface area contributed by atoms with Gasteiger partial charge in [0.05, 0.1) is 5.75 Å². The van der Waals surface area contributed by atoms with E-state index in [1.165, 1.54) is 0 Å². The van der Waals surface area contributed by atoms with Crippen LogP contribution in [0.15, 0.2) is 24.3 Å². The highest BCUT2D eigenvalue weighted by Gasteiger charge is 2.17. The molecule has 0 spiro atoms. The lowest BCUT2D eigenvalue weighted by molar-refractivity contribution is 0.551. The van der Waals surface area contributed by atoms with Crippen LogP contribution in [0, 0.1) is 0 Å². The van der Waals surface area contributed by atoms with Crippen LogP contribution in [0.3, 0.4) is 0 Å². The maximum absolute atomic E-state index is 11.6. The van der Waals surface area contributed by atoms with Crippen molar-refractivity contribution in [1.82, 2.24) is 4.72 Å². The van der Waals surface area contributed by atoms with Crippen LogP contribution in [0.4, 0.5) is 0 Å². The highest BCUT2D eigenvalue weighted by Crippen LogP contribution is 2.21. The molecular formula is C11H15Cl2NO2S. The Hall–Kier alpha value is -0.290. The molecule has 96 valence electrons. The number of hydrogen-bond acceptors (Lipinski definition) is 2. The van der Waals surface area contributed by atoms with Crippen LogP contribution in [0.2, 0.25) is 5.02 Å². The molecule has 1 unspecified atom stereocenters. The van der Waals surface area contributed by atoms with Crippen molar-refractivity contribution in [3.05, 3.63) is 34.9 Å². The molecule has 1 aromatic rings. The van der Waals surface area contributed by atoms with Crippen molar-refractivity contribution in [2.24, 2.45) is 0 Å². The highest BCUT2D eigenvalue weighted by molar-refractivity contribution is 7.89. The minimum absolute atomic E-state index is 0.0778. The van der Waals surface area contributed by atoms with Gasteiger partial charge < -0.3 is 0 Å². The van der Waals surface area contributed by atoms with Crippen LogP contribution in [-0.2, 0) is 10.0 Å². The van der Waals surface area contributed by atoms with E-state index in [2.05, 4.69) is 4.72 Å². The van der Waals surface area contributed by atoms with E-state index < -0.39 is 10.0 Å². The van der Waals surface area contributed by atoms with Gasteiger partial charge in [0.2, 0.25) is 10.0 Å². The highest BCUT2D eigenvalue weighted by atomic mass is 35.5. The monoisotopic (exact) mass is 295 g/mol. The summed E-state index contributed by atoms with van der Waals surface area (Å²) in [6.45, 7) is 1.91. The molecule has 1 N–H and O–H groups in total. The number of nitrogens with one attached hydrogen (secondary N) is 1. The average Bonchev–Trinajstić information content (AvgIpc) is 2.26. The zero-order valence-corrected chi connectivity index (χ0v) is 11.8. The summed E-state index contributed by atoms with van der Waals surface area (Å²) in [7, 11) is -3.33. The van der Waals surface area contributed by atoms with Gasteiger partial charge in [-0.2, -0.15) is 0 Å². The summed E-state index contributed by atoms with van der Waals surface area (Å²) in [5.41, 5.74) is 0.859. The molecule has 6 heteroatoms. The molecule has 0 amide bonds. The van der Waals surface area contributed by atoms with E-state index in [9.17, 15) is 8.42 Å². The molecule has 0 saturated heterocycles. The largest absolute Gasteiger partial charge is 0.213 e. The molecule has 0 aliphatic carbocycles. The minimum atomic E-state index is -3.33. The molecule has 0 aromatic heterocycles. The molecule has 1 atom stereocenters. The zero-order valence-electron chi connectivity index (χ0n) is 9.49. The molecule has 0 heterocycles. The molecule has 0 bridgehead atoms. The second-order valence-electron chi connectivity index (χ2n) is 3.64. The van der Waals surface area contributed by atoms with Crippen LogP contribution in [-0.4, -0.2) is 20.1 Å². The Morgan fingerprint density at radius 3 is 2.65 bits per heavy atom. The van der Waals surface area contributed by atoms with Gasteiger partial charge >= 0.3 is 0 Å². The minimum Gasteiger partial charge on any atom is -0.212 e. The summed E-state index contributed by atoms with van der Waals surface area (Å²) in [5.74, 6) is 0.00688. The number of hydrogen-bond donors (Lipinski definition) is 1. The molecular weight excluding hydrogens is 281 g/mol. The van der Waals surface area contributed by atoms with Gasteiger partial charge in [-0.15, -0.1) is 11.6 Å². The fourth-order valence-electron chi connectivity index (χ4n) is 1.49. The number of halogens is 2. The van der Waals surface area contributed by atoms with Crippen molar-refractivity contribution in [2.75, 3.05) is 11.6 Å². The first-order chi connectivity index (χ1) is 7.98. The van der Waals surface area contributed by atoms with Gasteiger partial charge in [0.1, 0.15) is 0 Å². The number of rotatable bonds is 6. The third-order valence-corrected chi connectivity index (χ3v) is 4.36. The Morgan fingerprint density at radius 1 is 1.41 bits per heavy atom. The molecule has 1 aromatic carbocycles. The lowest BCUT2D eigenvalue weighted by Gasteiger charge is -2.17. The molecule has 17 heavy (non-hydrogen) atoms. The van der Waals surface area contributed by atoms with Gasteiger partial charge in [-0.05, 0) is 24.1 Å². The topological polar surface area (TPSA) is 46.2 Å². The van der Waals surface area contributed by atoms with E-state index in [4.69, 9.17) is 23.2 Å². The fraction of sp³-hybridized carbons (Fsp3) is 0.455. The normalized spacial score (nSPS) is 13.6. The number of benzene rings is 1. The Kier molecular flexibility index (Phi) is 5.73. The van der Waals surface area contributed by atoms with Crippen molar-refractivity contribution in [1.29, 1.82) is 0 Å². The van der Waals surface area contributed by atoms with Crippen LogP contribution in [0.5, 0.6) is 0 Å². The molecule has 0 fully saturated rings. The van der Waals surface area contributed by atoms with E-state index in [1.54, 1.807) is 18.2 Å². The van der Waals surface area contributed by atoms with Crippen molar-refractivity contribution in [3.63, 3.8) is 0 Å². The number of alkyl halides is 1. The predicted octanol–water partition coefficient (Wildman–Crippen LogP) is 2.95. The van der Waals surface area contributed by atoms with E-state index in [-0.39, 0.29) is 17.7 Å². The first kappa shape index (κ1) is 14.8. The van der Waals surface area contributed by atoms with Gasteiger partial charge in [-0.1, -0.05) is 30.7 Å². The summed E-state index contributed by atoms with van der Waals surface area (Å²) in [4.78, 5) is 0. The van der Waals surface area contributed by atoms with Crippen LogP contribution in [0.1, 0.15) is 24.9 Å². The Bertz CT molecular complexity index is 462. The summed E-state index contributed by atoms with van der Waals surface area (Å²) >= 11 is 11.3. The first-order valence-corrected chi connectivity index (χ1v) is 7.86. The molecule has 0 aliphatic heterocycles. The maximum Gasteiger partial charge on any atom is 0.213 e. The average molecular weight is 296 g/mol. The second-order valence-corrected chi connectivity index (χ2v) is 6.33. The van der Waals surface area contributed by atoms with Crippen molar-refractivity contribution < 1.29 is 8.42 Å². The Balaban J connectivity index is 2.86. The maximum atomic E-state index is 11.6. The van der Waals surface area contributed by atoms with Crippen molar-refractivity contribution >= 4 is 33.2 Å². The van der Waals surface area contributed by atoms with Gasteiger partial charge in [-0.25, -0.2) is 13.1 Å². The standard InChI is InChI=1S/C11H15Cl2NO2S/c1-2-11(14-17(15,16)7-6-12)9-4-3-5-10(13)8-9/h3-5,8,11,14H,2,6-7H2,1H3. The predicted molar refractivity (Wildman–Crippen MR) is 72.1 cm³/mol. The van der Waals surface area contributed by atoms with E-state index >= 15 is 0 Å². The van der Waals surface area contributed by atoms with Gasteiger partial charge in [0.25, 0.3) is 0 Å². The summed E-state index contributed by atoms with van der Waals surface area (Å²) < 4.78 is 25.9. The van der Waals surface area contributed by atoms with Crippen molar-refractivity contribution in [2.45, 2.75) is 19.4 Å². The molecule has 1 rings (SSSR count). The summed E-state index contributed by atoms with van der Waals surface area (Å²) in [6, 6.07) is 6.91. The lowest BCUT2D eigenvalue weighted by atomic mass is 10.1. The van der Waals surface area contributed by atoms with Crippen LogP contribution in [0.25, 0.3) is 0 Å². The third-order valence-electron chi connectivity index (χ3n) is 2.33. The molecule has 0 radical (unpaired) electrons. The Morgan fingerprint density at radius 2 is 2.12 bits per heavy atom. The van der Waals surface area contributed by atoms with E-state index in [0.29, 0.717) is 11.4 Å². The van der Waals surface area contributed by atoms with E-state index in [1.807, 2.05) is 13.0 Å². The molecule has 3 nitrogen and oxygen atoms in total. The van der Waals surface area contributed by atoms with Gasteiger partial charge in [-0.3, -0.25) is 0 Å². The SMILES string of the molecule is CCC(NS(=O)(=O)CCCl)c1cccc(Cl)c1. The quantitative estimate of drug-likeness (QED) is 0.820. The fourth-order valence-corrected chi connectivity index (χ4v) is 3.35. The van der Waals surface area contributed by atoms with E-state index in [0.717, 1.165) is 5.56 Å².